The van der Waals surface area contributed by atoms with E-state index in [1.165, 1.54) is 14.2 Å². The molecule has 0 N–H and O–H groups in total. The summed E-state index contributed by atoms with van der Waals surface area (Å²) in [5.41, 5.74) is 3.09. The van der Waals surface area contributed by atoms with Crippen LogP contribution in [-0.4, -0.2) is 19.2 Å². The Labute approximate surface area is 121 Å². The summed E-state index contributed by atoms with van der Waals surface area (Å²) in [6.07, 6.45) is 0. The van der Waals surface area contributed by atoms with E-state index in [0.29, 0.717) is 33.9 Å². The van der Waals surface area contributed by atoms with Crippen molar-refractivity contribution in [1.29, 1.82) is 0 Å². The number of aromatic nitrogens is 1. The lowest BCUT2D eigenvalue weighted by atomic mass is 10.1. The number of methoxy groups -OCH3 is 2. The van der Waals surface area contributed by atoms with Crippen molar-refractivity contribution >= 4 is 11.1 Å². The molecule has 0 bridgehead atoms. The number of hydrogen-bond acceptors (Lipinski definition) is 5. The van der Waals surface area contributed by atoms with Crippen LogP contribution in [0.25, 0.3) is 22.6 Å². The minimum atomic E-state index is -0.251. The molecule has 0 spiro atoms. The van der Waals surface area contributed by atoms with Gasteiger partial charge in [0, 0.05) is 5.56 Å². The van der Waals surface area contributed by atoms with E-state index in [2.05, 4.69) is 4.98 Å². The van der Waals surface area contributed by atoms with E-state index in [1.54, 1.807) is 6.92 Å². The molecular weight excluding hydrogens is 270 g/mol. The normalized spacial score (nSPS) is 11.0. The Hall–Kier alpha value is -2.56. The third kappa shape index (κ3) is 1.93. The molecule has 1 aliphatic heterocycles. The number of ether oxygens (including phenoxy) is 2. The first-order chi connectivity index (χ1) is 10.1. The second kappa shape index (κ2) is 4.77. The highest BCUT2D eigenvalue weighted by Crippen LogP contribution is 2.39. The predicted molar refractivity (Wildman–Crippen MR) is 79.5 cm³/mol. The molecule has 0 amide bonds. The summed E-state index contributed by atoms with van der Waals surface area (Å²) in [4.78, 5) is 16.9. The van der Waals surface area contributed by atoms with Crippen molar-refractivity contribution in [2.45, 2.75) is 13.8 Å². The van der Waals surface area contributed by atoms with Crippen LogP contribution in [0.15, 0.2) is 27.4 Å². The van der Waals surface area contributed by atoms with Crippen molar-refractivity contribution in [3.8, 4) is 23.0 Å². The summed E-state index contributed by atoms with van der Waals surface area (Å²) in [5, 5.41) is 0. The molecule has 0 aromatic heterocycles. The molecule has 1 aromatic carbocycles. The van der Waals surface area contributed by atoms with Crippen molar-refractivity contribution in [1.82, 2.24) is 4.98 Å². The smallest absolute Gasteiger partial charge is 0.231 e. The standard InChI is InChI=1S/C16H15NO4/c1-8-5-6-10-11(7-8)21-14-9(2)13(18)16(20-4)15(19-3)12(14)17-10/h5-7H,1-4H3. The lowest BCUT2D eigenvalue weighted by Gasteiger charge is -2.15. The molecule has 1 heterocycles. The molecule has 21 heavy (non-hydrogen) atoms. The first kappa shape index (κ1) is 13.4. The predicted octanol–water partition coefficient (Wildman–Crippen LogP) is 2.93. The zero-order chi connectivity index (χ0) is 15.1. The van der Waals surface area contributed by atoms with Crippen LogP contribution in [0.3, 0.4) is 0 Å². The topological polar surface area (TPSA) is 61.6 Å². The number of hydrogen-bond donors (Lipinski definition) is 0. The van der Waals surface area contributed by atoms with E-state index < -0.39 is 0 Å². The number of benzene rings is 2. The van der Waals surface area contributed by atoms with Gasteiger partial charge in [0.05, 0.1) is 14.2 Å². The number of nitrogens with zero attached hydrogens (tertiary/aromatic N) is 1. The van der Waals surface area contributed by atoms with Gasteiger partial charge in [-0.3, -0.25) is 4.79 Å². The van der Waals surface area contributed by atoms with Crippen LogP contribution in [0.5, 0.6) is 11.5 Å². The monoisotopic (exact) mass is 285 g/mol. The highest BCUT2D eigenvalue weighted by Gasteiger charge is 2.25. The zero-order valence-corrected chi connectivity index (χ0v) is 12.3. The summed E-state index contributed by atoms with van der Waals surface area (Å²) in [6, 6.07) is 5.72. The first-order valence-electron chi connectivity index (χ1n) is 6.52. The van der Waals surface area contributed by atoms with Crippen molar-refractivity contribution < 1.29 is 13.9 Å². The largest absolute Gasteiger partial charge is 0.491 e. The fourth-order valence-corrected chi connectivity index (χ4v) is 2.39. The van der Waals surface area contributed by atoms with Gasteiger partial charge in [-0.1, -0.05) is 6.07 Å². The van der Waals surface area contributed by atoms with Gasteiger partial charge in [-0.2, -0.15) is 0 Å². The van der Waals surface area contributed by atoms with E-state index in [9.17, 15) is 4.79 Å². The van der Waals surface area contributed by atoms with E-state index in [4.69, 9.17) is 13.9 Å². The van der Waals surface area contributed by atoms with Crippen LogP contribution >= 0.6 is 0 Å². The molecule has 0 fully saturated rings. The molecule has 0 atom stereocenters. The molecule has 2 aliphatic rings. The molecule has 0 radical (unpaired) electrons. The van der Waals surface area contributed by atoms with Gasteiger partial charge in [0.1, 0.15) is 5.52 Å². The third-order valence-electron chi connectivity index (χ3n) is 3.49. The fraction of sp³-hybridized carbons (Fsp3) is 0.250. The third-order valence-corrected chi connectivity index (χ3v) is 3.49. The summed E-state index contributed by atoms with van der Waals surface area (Å²) in [6.45, 7) is 3.67. The maximum absolute atomic E-state index is 12.3. The van der Waals surface area contributed by atoms with Crippen LogP contribution < -0.4 is 14.9 Å². The van der Waals surface area contributed by atoms with E-state index in [-0.39, 0.29) is 11.2 Å². The van der Waals surface area contributed by atoms with Gasteiger partial charge < -0.3 is 13.9 Å². The summed E-state index contributed by atoms with van der Waals surface area (Å²) < 4.78 is 16.4. The molecule has 1 aromatic rings. The highest BCUT2D eigenvalue weighted by atomic mass is 16.5. The van der Waals surface area contributed by atoms with Crippen molar-refractivity contribution in [3.63, 3.8) is 0 Å². The molecule has 0 saturated carbocycles. The van der Waals surface area contributed by atoms with E-state index in [0.717, 1.165) is 5.56 Å². The van der Waals surface area contributed by atoms with E-state index >= 15 is 0 Å². The number of rotatable bonds is 2. The van der Waals surface area contributed by atoms with Gasteiger partial charge in [-0.15, -0.1) is 0 Å². The highest BCUT2D eigenvalue weighted by molar-refractivity contribution is 5.81. The Morgan fingerprint density at radius 3 is 2.48 bits per heavy atom. The molecule has 1 aliphatic carbocycles. The maximum Gasteiger partial charge on any atom is 0.231 e. The van der Waals surface area contributed by atoms with Gasteiger partial charge in [0.2, 0.25) is 11.2 Å². The summed E-state index contributed by atoms with van der Waals surface area (Å²) in [7, 11) is 2.92. The first-order valence-corrected chi connectivity index (χ1v) is 6.52. The average Bonchev–Trinajstić information content (AvgIpc) is 2.49. The zero-order valence-electron chi connectivity index (χ0n) is 12.3. The summed E-state index contributed by atoms with van der Waals surface area (Å²) >= 11 is 0. The summed E-state index contributed by atoms with van der Waals surface area (Å²) in [5.74, 6) is 0.877. The average molecular weight is 285 g/mol. The molecule has 108 valence electrons. The van der Waals surface area contributed by atoms with Crippen LogP contribution in [0.1, 0.15) is 11.1 Å². The lowest BCUT2D eigenvalue weighted by molar-refractivity contribution is 0.350. The van der Waals surface area contributed by atoms with Crippen LogP contribution in [-0.2, 0) is 0 Å². The van der Waals surface area contributed by atoms with Gasteiger partial charge in [0.15, 0.2) is 22.8 Å². The Morgan fingerprint density at radius 1 is 1.10 bits per heavy atom. The van der Waals surface area contributed by atoms with Crippen LogP contribution in [0.4, 0.5) is 0 Å². The Morgan fingerprint density at radius 2 is 1.81 bits per heavy atom. The number of aryl methyl sites for hydroxylation is 1. The Balaban J connectivity index is 2.52. The van der Waals surface area contributed by atoms with Gasteiger partial charge in [0.25, 0.3) is 0 Å². The van der Waals surface area contributed by atoms with Crippen molar-refractivity contribution in [2.24, 2.45) is 0 Å². The van der Waals surface area contributed by atoms with Gasteiger partial charge >= 0.3 is 0 Å². The quantitative estimate of drug-likeness (QED) is 0.677. The molecule has 0 saturated heterocycles. The molecule has 0 unspecified atom stereocenters. The molecular formula is C16H15NO4. The number of fused-ring (bicyclic) bond motifs is 2. The Bertz CT molecular complexity index is 866. The van der Waals surface area contributed by atoms with Gasteiger partial charge in [-0.05, 0) is 31.5 Å². The lowest BCUT2D eigenvalue weighted by Crippen LogP contribution is -2.14. The Kier molecular flexibility index (Phi) is 3.05. The minimum Gasteiger partial charge on any atom is -0.491 e. The molecule has 3 rings (SSSR count). The van der Waals surface area contributed by atoms with Crippen molar-refractivity contribution in [2.75, 3.05) is 14.2 Å². The second-order valence-corrected chi connectivity index (χ2v) is 4.88. The molecule has 5 nitrogen and oxygen atoms in total. The molecule has 5 heteroatoms. The minimum absolute atomic E-state index is 0.150. The second-order valence-electron chi connectivity index (χ2n) is 4.88. The van der Waals surface area contributed by atoms with Crippen LogP contribution in [0, 0.1) is 13.8 Å². The SMILES string of the molecule is COc1c2nc3ccc(C)cc3oc-2c(C)c(=O)c1OC. The van der Waals surface area contributed by atoms with Gasteiger partial charge in [-0.25, -0.2) is 4.98 Å². The fourth-order valence-electron chi connectivity index (χ4n) is 2.39. The van der Waals surface area contributed by atoms with Crippen LogP contribution in [0.2, 0.25) is 0 Å². The van der Waals surface area contributed by atoms with E-state index in [1.807, 2.05) is 25.1 Å². The van der Waals surface area contributed by atoms with Crippen molar-refractivity contribution in [3.05, 3.63) is 39.5 Å². The maximum atomic E-state index is 12.3.